The number of carbonyl (C=O) groups is 1. The van der Waals surface area contributed by atoms with E-state index in [1.54, 1.807) is 6.92 Å². The molecule has 0 atom stereocenters. The number of hydrogen-bond donors (Lipinski definition) is 0. The summed E-state index contributed by atoms with van der Waals surface area (Å²) in [6, 6.07) is 13.7. The molecule has 2 aromatic carbocycles. The maximum absolute atomic E-state index is 11.4. The van der Waals surface area contributed by atoms with Gasteiger partial charge in [-0.1, -0.05) is 43.0 Å². The summed E-state index contributed by atoms with van der Waals surface area (Å²) in [6.07, 6.45) is 0. The van der Waals surface area contributed by atoms with Crippen LogP contribution in [0, 0.1) is 0 Å². The van der Waals surface area contributed by atoms with E-state index in [1.807, 2.05) is 42.5 Å². The van der Waals surface area contributed by atoms with Gasteiger partial charge < -0.3 is 9.47 Å². The SMILES string of the molecule is C=C(COc1cccc2ccccc12)C(=O)OCC. The van der Waals surface area contributed by atoms with E-state index in [0.717, 1.165) is 16.5 Å². The topological polar surface area (TPSA) is 35.5 Å². The van der Waals surface area contributed by atoms with E-state index >= 15 is 0 Å². The normalized spacial score (nSPS) is 10.2. The Morgan fingerprint density at radius 1 is 1.16 bits per heavy atom. The zero-order valence-corrected chi connectivity index (χ0v) is 10.9. The molecule has 2 aromatic rings. The zero-order chi connectivity index (χ0) is 13.7. The predicted octanol–water partition coefficient (Wildman–Crippen LogP) is 3.34. The lowest BCUT2D eigenvalue weighted by molar-refractivity contribution is -0.138. The fourth-order valence-corrected chi connectivity index (χ4v) is 1.78. The maximum atomic E-state index is 11.4. The number of benzene rings is 2. The van der Waals surface area contributed by atoms with E-state index in [2.05, 4.69) is 6.58 Å². The van der Waals surface area contributed by atoms with Crippen LogP contribution in [0.2, 0.25) is 0 Å². The van der Waals surface area contributed by atoms with Gasteiger partial charge in [-0.15, -0.1) is 0 Å². The highest BCUT2D eigenvalue weighted by molar-refractivity contribution is 5.89. The quantitative estimate of drug-likeness (QED) is 0.608. The van der Waals surface area contributed by atoms with Gasteiger partial charge in [0.05, 0.1) is 12.2 Å². The molecule has 0 N–H and O–H groups in total. The van der Waals surface area contributed by atoms with Crippen LogP contribution in [0.4, 0.5) is 0 Å². The van der Waals surface area contributed by atoms with Crippen molar-refractivity contribution in [3.63, 3.8) is 0 Å². The number of hydrogen-bond acceptors (Lipinski definition) is 3. The first kappa shape index (κ1) is 13.1. The standard InChI is InChI=1S/C16H16O3/c1-3-18-16(17)12(2)11-19-15-10-6-8-13-7-4-5-9-14(13)15/h4-10H,2-3,11H2,1H3. The molecule has 98 valence electrons. The first-order valence-electron chi connectivity index (χ1n) is 6.18. The summed E-state index contributed by atoms with van der Waals surface area (Å²) in [5.74, 6) is 0.325. The molecule has 0 saturated carbocycles. The Bertz CT molecular complexity index is 596. The van der Waals surface area contributed by atoms with Gasteiger partial charge in [0.25, 0.3) is 0 Å². The molecule has 0 unspecified atom stereocenters. The number of ether oxygens (including phenoxy) is 2. The fraction of sp³-hybridized carbons (Fsp3) is 0.188. The zero-order valence-electron chi connectivity index (χ0n) is 10.9. The van der Waals surface area contributed by atoms with Crippen LogP contribution in [0.25, 0.3) is 10.8 Å². The average Bonchev–Trinajstić information content (AvgIpc) is 2.45. The highest BCUT2D eigenvalue weighted by Crippen LogP contribution is 2.25. The van der Waals surface area contributed by atoms with Crippen molar-refractivity contribution >= 4 is 16.7 Å². The summed E-state index contributed by atoms with van der Waals surface area (Å²) in [7, 11) is 0. The molecule has 19 heavy (non-hydrogen) atoms. The van der Waals surface area contributed by atoms with Gasteiger partial charge in [-0.2, -0.15) is 0 Å². The Balaban J connectivity index is 2.10. The minimum Gasteiger partial charge on any atom is -0.488 e. The van der Waals surface area contributed by atoms with Crippen molar-refractivity contribution in [1.29, 1.82) is 0 Å². The third-order valence-corrected chi connectivity index (χ3v) is 2.72. The van der Waals surface area contributed by atoms with Crippen LogP contribution in [0.3, 0.4) is 0 Å². The van der Waals surface area contributed by atoms with E-state index in [4.69, 9.17) is 9.47 Å². The third-order valence-electron chi connectivity index (χ3n) is 2.72. The Morgan fingerprint density at radius 3 is 2.68 bits per heavy atom. The minimum atomic E-state index is -0.414. The highest BCUT2D eigenvalue weighted by Gasteiger charge is 2.09. The molecule has 0 aromatic heterocycles. The maximum Gasteiger partial charge on any atom is 0.336 e. The van der Waals surface area contributed by atoms with Gasteiger partial charge in [0.15, 0.2) is 0 Å². The minimum absolute atomic E-state index is 0.132. The molecule has 0 aliphatic heterocycles. The first-order valence-corrected chi connectivity index (χ1v) is 6.18. The Kier molecular flexibility index (Phi) is 4.18. The molecule has 3 heteroatoms. The van der Waals surface area contributed by atoms with E-state index in [-0.39, 0.29) is 6.61 Å². The molecule has 0 fully saturated rings. The van der Waals surface area contributed by atoms with Crippen LogP contribution in [-0.2, 0) is 9.53 Å². The molecule has 0 heterocycles. The molecular weight excluding hydrogens is 240 g/mol. The second kappa shape index (κ2) is 6.05. The summed E-state index contributed by atoms with van der Waals surface area (Å²) in [6.45, 7) is 5.90. The summed E-state index contributed by atoms with van der Waals surface area (Å²) in [5.41, 5.74) is 0.315. The van der Waals surface area contributed by atoms with Crippen molar-refractivity contribution in [2.24, 2.45) is 0 Å². The van der Waals surface area contributed by atoms with E-state index in [9.17, 15) is 4.79 Å². The highest BCUT2D eigenvalue weighted by atomic mass is 16.5. The number of esters is 1. The van der Waals surface area contributed by atoms with E-state index in [1.165, 1.54) is 0 Å². The molecule has 0 saturated heterocycles. The van der Waals surface area contributed by atoms with Crippen LogP contribution >= 0.6 is 0 Å². The van der Waals surface area contributed by atoms with Crippen molar-refractivity contribution in [2.45, 2.75) is 6.92 Å². The lowest BCUT2D eigenvalue weighted by atomic mass is 10.1. The third kappa shape index (κ3) is 3.13. The largest absolute Gasteiger partial charge is 0.488 e. The molecule has 2 rings (SSSR count). The molecule has 0 aliphatic rings. The summed E-state index contributed by atoms with van der Waals surface area (Å²) < 4.78 is 10.5. The van der Waals surface area contributed by atoms with Crippen molar-refractivity contribution < 1.29 is 14.3 Å². The van der Waals surface area contributed by atoms with E-state index in [0.29, 0.717) is 12.2 Å². The van der Waals surface area contributed by atoms with Crippen LogP contribution in [0.1, 0.15) is 6.92 Å². The smallest absolute Gasteiger partial charge is 0.336 e. The van der Waals surface area contributed by atoms with Gasteiger partial charge in [-0.3, -0.25) is 0 Å². The first-order chi connectivity index (χ1) is 9.22. The van der Waals surface area contributed by atoms with Gasteiger partial charge >= 0.3 is 5.97 Å². The molecular formula is C16H16O3. The van der Waals surface area contributed by atoms with Crippen molar-refractivity contribution in [3.05, 3.63) is 54.6 Å². The average molecular weight is 256 g/mol. The Morgan fingerprint density at radius 2 is 1.89 bits per heavy atom. The Hall–Kier alpha value is -2.29. The lowest BCUT2D eigenvalue weighted by Gasteiger charge is -2.10. The summed E-state index contributed by atoms with van der Waals surface area (Å²) >= 11 is 0. The second-order valence-electron chi connectivity index (χ2n) is 4.09. The van der Waals surface area contributed by atoms with Crippen molar-refractivity contribution in [3.8, 4) is 5.75 Å². The molecule has 3 nitrogen and oxygen atoms in total. The van der Waals surface area contributed by atoms with Crippen LogP contribution in [0.15, 0.2) is 54.6 Å². The van der Waals surface area contributed by atoms with Gasteiger partial charge in [0, 0.05) is 5.39 Å². The van der Waals surface area contributed by atoms with Crippen LogP contribution in [-0.4, -0.2) is 19.2 Å². The molecule has 0 aliphatic carbocycles. The molecule has 0 spiro atoms. The summed E-state index contributed by atoms with van der Waals surface area (Å²) in [5, 5.41) is 2.11. The number of fused-ring (bicyclic) bond motifs is 1. The number of carbonyl (C=O) groups excluding carboxylic acids is 1. The molecule has 0 amide bonds. The number of rotatable bonds is 5. The van der Waals surface area contributed by atoms with Crippen LogP contribution in [0.5, 0.6) is 5.75 Å². The van der Waals surface area contributed by atoms with Gasteiger partial charge in [-0.25, -0.2) is 4.79 Å². The Labute approximate surface area is 112 Å². The van der Waals surface area contributed by atoms with Crippen molar-refractivity contribution in [1.82, 2.24) is 0 Å². The van der Waals surface area contributed by atoms with E-state index < -0.39 is 5.97 Å². The second-order valence-corrected chi connectivity index (χ2v) is 4.09. The predicted molar refractivity (Wildman–Crippen MR) is 75.2 cm³/mol. The van der Waals surface area contributed by atoms with Crippen LogP contribution < -0.4 is 4.74 Å². The molecule has 0 radical (unpaired) electrons. The monoisotopic (exact) mass is 256 g/mol. The molecule has 0 bridgehead atoms. The van der Waals surface area contributed by atoms with Crippen molar-refractivity contribution in [2.75, 3.05) is 13.2 Å². The summed E-state index contributed by atoms with van der Waals surface area (Å²) in [4.78, 5) is 11.4. The van der Waals surface area contributed by atoms with Gasteiger partial charge in [-0.05, 0) is 18.4 Å². The van der Waals surface area contributed by atoms with Gasteiger partial charge in [0.1, 0.15) is 12.4 Å². The van der Waals surface area contributed by atoms with Gasteiger partial charge in [0.2, 0.25) is 0 Å². The fourth-order valence-electron chi connectivity index (χ4n) is 1.78. The lowest BCUT2D eigenvalue weighted by Crippen LogP contribution is -2.13.